The van der Waals surface area contributed by atoms with Gasteiger partial charge in [-0.25, -0.2) is 9.59 Å². The molecular formula is C15H27NO5. The van der Waals surface area contributed by atoms with Gasteiger partial charge < -0.3 is 19.5 Å². The van der Waals surface area contributed by atoms with E-state index >= 15 is 0 Å². The van der Waals surface area contributed by atoms with E-state index < -0.39 is 17.7 Å². The average Bonchev–Trinajstić information content (AvgIpc) is 2.37. The SMILES string of the molecule is CCOC(=O)C(O)CC1CCN(C(=O)OC(C)(C)C)CC1. The number of amides is 1. The van der Waals surface area contributed by atoms with Crippen molar-refractivity contribution in [2.24, 2.45) is 5.92 Å². The van der Waals surface area contributed by atoms with Gasteiger partial charge in [0, 0.05) is 13.1 Å². The molecule has 1 aliphatic rings. The van der Waals surface area contributed by atoms with Crippen LogP contribution in [0.5, 0.6) is 0 Å². The smallest absolute Gasteiger partial charge is 0.410 e. The van der Waals surface area contributed by atoms with Gasteiger partial charge in [-0.05, 0) is 52.9 Å². The van der Waals surface area contributed by atoms with Crippen LogP contribution in [-0.4, -0.2) is 53.5 Å². The summed E-state index contributed by atoms with van der Waals surface area (Å²) in [4.78, 5) is 25.0. The molecule has 1 saturated heterocycles. The van der Waals surface area contributed by atoms with Gasteiger partial charge in [-0.2, -0.15) is 0 Å². The molecule has 1 heterocycles. The maximum atomic E-state index is 11.9. The average molecular weight is 301 g/mol. The third kappa shape index (κ3) is 6.33. The Hall–Kier alpha value is -1.30. The number of nitrogens with zero attached hydrogens (tertiary/aromatic N) is 1. The fourth-order valence-electron chi connectivity index (χ4n) is 2.33. The fraction of sp³-hybridized carbons (Fsp3) is 0.867. The van der Waals surface area contributed by atoms with Gasteiger partial charge in [-0.15, -0.1) is 0 Å². The largest absolute Gasteiger partial charge is 0.464 e. The van der Waals surface area contributed by atoms with Crippen LogP contribution in [0.15, 0.2) is 0 Å². The summed E-state index contributed by atoms with van der Waals surface area (Å²) in [5, 5.41) is 9.75. The summed E-state index contributed by atoms with van der Waals surface area (Å²) in [5.41, 5.74) is -0.492. The number of rotatable bonds is 4. The number of aliphatic hydroxyl groups excluding tert-OH is 1. The van der Waals surface area contributed by atoms with E-state index in [1.54, 1.807) is 11.8 Å². The second-order valence-electron chi connectivity index (χ2n) is 6.41. The molecule has 122 valence electrons. The molecular weight excluding hydrogens is 274 g/mol. The van der Waals surface area contributed by atoms with Gasteiger partial charge in [-0.1, -0.05) is 0 Å². The van der Waals surface area contributed by atoms with E-state index in [0.29, 0.717) is 19.5 Å². The van der Waals surface area contributed by atoms with Crippen molar-refractivity contribution >= 4 is 12.1 Å². The molecule has 6 heteroatoms. The lowest BCUT2D eigenvalue weighted by molar-refractivity contribution is -0.154. The van der Waals surface area contributed by atoms with E-state index in [0.717, 1.165) is 12.8 Å². The number of carbonyl (C=O) groups excluding carboxylic acids is 2. The predicted molar refractivity (Wildman–Crippen MR) is 77.8 cm³/mol. The third-order valence-electron chi connectivity index (χ3n) is 3.38. The molecule has 0 aromatic carbocycles. The van der Waals surface area contributed by atoms with Crippen molar-refractivity contribution in [3.05, 3.63) is 0 Å². The van der Waals surface area contributed by atoms with Crippen molar-refractivity contribution in [1.82, 2.24) is 4.90 Å². The van der Waals surface area contributed by atoms with Gasteiger partial charge in [0.05, 0.1) is 6.61 Å². The molecule has 0 aromatic heterocycles. The topological polar surface area (TPSA) is 76.1 Å². The number of piperidine rings is 1. The monoisotopic (exact) mass is 301 g/mol. The lowest BCUT2D eigenvalue weighted by Crippen LogP contribution is -2.42. The fourth-order valence-corrected chi connectivity index (χ4v) is 2.33. The molecule has 0 aromatic rings. The van der Waals surface area contributed by atoms with Crippen molar-refractivity contribution in [3.63, 3.8) is 0 Å². The Morgan fingerprint density at radius 2 is 1.86 bits per heavy atom. The van der Waals surface area contributed by atoms with Crippen molar-refractivity contribution in [2.75, 3.05) is 19.7 Å². The number of hydrogen-bond acceptors (Lipinski definition) is 5. The van der Waals surface area contributed by atoms with Crippen molar-refractivity contribution in [3.8, 4) is 0 Å². The zero-order valence-electron chi connectivity index (χ0n) is 13.4. The van der Waals surface area contributed by atoms with Crippen LogP contribution in [0.4, 0.5) is 4.79 Å². The molecule has 0 bridgehead atoms. The maximum absolute atomic E-state index is 11.9. The van der Waals surface area contributed by atoms with E-state index in [1.807, 2.05) is 20.8 Å². The predicted octanol–water partition coefficient (Wildman–Crippen LogP) is 1.95. The van der Waals surface area contributed by atoms with Gasteiger partial charge >= 0.3 is 12.1 Å². The minimum absolute atomic E-state index is 0.225. The molecule has 0 saturated carbocycles. The lowest BCUT2D eigenvalue weighted by Gasteiger charge is -2.33. The first-order valence-corrected chi connectivity index (χ1v) is 7.55. The Kier molecular flexibility index (Phi) is 6.45. The van der Waals surface area contributed by atoms with Crippen LogP contribution < -0.4 is 0 Å². The molecule has 0 aliphatic carbocycles. The number of esters is 1. The molecule has 21 heavy (non-hydrogen) atoms. The van der Waals surface area contributed by atoms with E-state index in [9.17, 15) is 14.7 Å². The van der Waals surface area contributed by atoms with Gasteiger partial charge in [0.15, 0.2) is 6.10 Å². The molecule has 1 fully saturated rings. The molecule has 1 aliphatic heterocycles. The quantitative estimate of drug-likeness (QED) is 0.803. The van der Waals surface area contributed by atoms with E-state index in [1.165, 1.54) is 0 Å². The molecule has 1 atom stereocenters. The normalized spacial score (nSPS) is 18.2. The van der Waals surface area contributed by atoms with Crippen molar-refractivity contribution in [2.45, 2.75) is 58.7 Å². The summed E-state index contributed by atoms with van der Waals surface area (Å²) >= 11 is 0. The Balaban J connectivity index is 2.35. The Labute approximate surface area is 126 Å². The maximum Gasteiger partial charge on any atom is 0.410 e. The minimum atomic E-state index is -1.07. The van der Waals surface area contributed by atoms with Crippen LogP contribution in [0.3, 0.4) is 0 Å². The molecule has 1 N–H and O–H groups in total. The van der Waals surface area contributed by atoms with Crippen LogP contribution >= 0.6 is 0 Å². The number of ether oxygens (including phenoxy) is 2. The highest BCUT2D eigenvalue weighted by Gasteiger charge is 2.29. The molecule has 0 spiro atoms. The molecule has 1 amide bonds. The second kappa shape index (κ2) is 7.64. The molecule has 0 radical (unpaired) electrons. The number of hydrogen-bond donors (Lipinski definition) is 1. The van der Waals surface area contributed by atoms with Crippen LogP contribution in [0.2, 0.25) is 0 Å². The highest BCUT2D eigenvalue weighted by molar-refractivity contribution is 5.74. The molecule has 1 unspecified atom stereocenters. The van der Waals surface area contributed by atoms with E-state index in [2.05, 4.69) is 0 Å². The van der Waals surface area contributed by atoms with Crippen molar-refractivity contribution < 1.29 is 24.2 Å². The molecule has 1 rings (SSSR count). The Morgan fingerprint density at radius 1 is 1.29 bits per heavy atom. The zero-order chi connectivity index (χ0) is 16.0. The first-order chi connectivity index (χ1) is 9.73. The van der Waals surface area contributed by atoms with Gasteiger partial charge in [0.1, 0.15) is 5.60 Å². The summed E-state index contributed by atoms with van der Waals surface area (Å²) < 4.78 is 10.1. The summed E-state index contributed by atoms with van der Waals surface area (Å²) in [5.74, 6) is -0.338. The lowest BCUT2D eigenvalue weighted by atomic mass is 9.91. The van der Waals surface area contributed by atoms with Gasteiger partial charge in [-0.3, -0.25) is 0 Å². The first-order valence-electron chi connectivity index (χ1n) is 7.55. The minimum Gasteiger partial charge on any atom is -0.464 e. The van der Waals surface area contributed by atoms with Gasteiger partial charge in [0.2, 0.25) is 0 Å². The Bertz CT molecular complexity index is 356. The van der Waals surface area contributed by atoms with E-state index in [4.69, 9.17) is 9.47 Å². The highest BCUT2D eigenvalue weighted by Crippen LogP contribution is 2.23. The summed E-state index contributed by atoms with van der Waals surface area (Å²) in [6.07, 6.45) is 0.543. The number of aliphatic hydroxyl groups is 1. The van der Waals surface area contributed by atoms with Crippen molar-refractivity contribution in [1.29, 1.82) is 0 Å². The third-order valence-corrected chi connectivity index (χ3v) is 3.38. The van der Waals surface area contributed by atoms with Crippen LogP contribution in [0.25, 0.3) is 0 Å². The highest BCUT2D eigenvalue weighted by atomic mass is 16.6. The molecule has 6 nitrogen and oxygen atoms in total. The van der Waals surface area contributed by atoms with E-state index in [-0.39, 0.29) is 18.6 Å². The standard InChI is InChI=1S/C15H27NO5/c1-5-20-13(18)12(17)10-11-6-8-16(9-7-11)14(19)21-15(2,3)4/h11-12,17H,5-10H2,1-4H3. The summed E-state index contributed by atoms with van der Waals surface area (Å²) in [6, 6.07) is 0. The summed E-state index contributed by atoms with van der Waals surface area (Å²) in [7, 11) is 0. The number of likely N-dealkylation sites (tertiary alicyclic amines) is 1. The summed E-state index contributed by atoms with van der Waals surface area (Å²) in [6.45, 7) is 8.69. The zero-order valence-corrected chi connectivity index (χ0v) is 13.4. The van der Waals surface area contributed by atoms with Crippen LogP contribution in [0, 0.1) is 5.92 Å². The second-order valence-corrected chi connectivity index (χ2v) is 6.41. The first kappa shape index (κ1) is 17.8. The van der Waals surface area contributed by atoms with Crippen LogP contribution in [0.1, 0.15) is 47.0 Å². The van der Waals surface area contributed by atoms with Gasteiger partial charge in [0.25, 0.3) is 0 Å². The van der Waals surface area contributed by atoms with Crippen LogP contribution in [-0.2, 0) is 14.3 Å². The Morgan fingerprint density at radius 3 is 2.33 bits per heavy atom. The number of carbonyl (C=O) groups is 2.